The van der Waals surface area contributed by atoms with E-state index in [0.29, 0.717) is 22.8 Å². The molecule has 2 aromatic carbocycles. The number of nitriles is 1. The molecule has 148 valence electrons. The standard InChI is InChI=1S/C22H14F2N4O2/c1-12-20-16(10-18(27-22(20)30-28-12)13-5-3-2-4-6-13)21(29)26-19(11-25)15-8-7-14(23)9-17(15)24/h2-10,19H,1H3,(H,26,29). The molecule has 30 heavy (non-hydrogen) atoms. The molecule has 1 amide bonds. The monoisotopic (exact) mass is 404 g/mol. The number of nitrogens with zero attached hydrogens (tertiary/aromatic N) is 3. The summed E-state index contributed by atoms with van der Waals surface area (Å²) in [6, 6.07) is 14.0. The summed E-state index contributed by atoms with van der Waals surface area (Å²) in [6.07, 6.45) is 0. The lowest BCUT2D eigenvalue weighted by Crippen LogP contribution is -2.28. The highest BCUT2D eigenvalue weighted by atomic mass is 19.1. The Kier molecular flexibility index (Phi) is 4.94. The number of aromatic nitrogens is 2. The van der Waals surface area contributed by atoms with Gasteiger partial charge in [0.15, 0.2) is 0 Å². The molecular formula is C22H14F2N4O2. The lowest BCUT2D eigenvalue weighted by Gasteiger charge is -2.14. The Bertz CT molecular complexity index is 1300. The van der Waals surface area contributed by atoms with Gasteiger partial charge in [-0.3, -0.25) is 4.79 Å². The molecule has 6 nitrogen and oxygen atoms in total. The van der Waals surface area contributed by atoms with Crippen LogP contribution in [0, 0.1) is 29.9 Å². The molecule has 2 heterocycles. The molecular weight excluding hydrogens is 390 g/mol. The van der Waals surface area contributed by atoms with Gasteiger partial charge in [0.2, 0.25) is 0 Å². The van der Waals surface area contributed by atoms with Gasteiger partial charge >= 0.3 is 0 Å². The molecule has 4 rings (SSSR count). The number of carbonyl (C=O) groups is 1. The van der Waals surface area contributed by atoms with Crippen molar-refractivity contribution in [3.05, 3.63) is 83.1 Å². The Morgan fingerprint density at radius 2 is 1.93 bits per heavy atom. The Balaban J connectivity index is 1.77. The number of amides is 1. The lowest BCUT2D eigenvalue weighted by atomic mass is 10.0. The van der Waals surface area contributed by atoms with Crippen LogP contribution in [-0.4, -0.2) is 16.0 Å². The first-order valence-corrected chi connectivity index (χ1v) is 8.96. The van der Waals surface area contributed by atoms with Crippen molar-refractivity contribution in [2.75, 3.05) is 0 Å². The van der Waals surface area contributed by atoms with Crippen molar-refractivity contribution in [2.24, 2.45) is 0 Å². The predicted octanol–water partition coefficient (Wildman–Crippen LogP) is 4.47. The molecule has 0 saturated heterocycles. The van der Waals surface area contributed by atoms with Crippen LogP contribution in [0.15, 0.2) is 59.1 Å². The minimum Gasteiger partial charge on any atom is -0.335 e. The van der Waals surface area contributed by atoms with Gasteiger partial charge in [-0.1, -0.05) is 41.6 Å². The number of rotatable bonds is 4. The van der Waals surface area contributed by atoms with Crippen molar-refractivity contribution >= 4 is 17.0 Å². The summed E-state index contributed by atoms with van der Waals surface area (Å²) in [7, 11) is 0. The van der Waals surface area contributed by atoms with E-state index in [2.05, 4.69) is 15.5 Å². The molecule has 1 atom stereocenters. The molecule has 0 aliphatic rings. The molecule has 0 aliphatic heterocycles. The minimum atomic E-state index is -1.32. The Labute approximate surface area is 169 Å². The first-order chi connectivity index (χ1) is 14.5. The highest BCUT2D eigenvalue weighted by Crippen LogP contribution is 2.28. The van der Waals surface area contributed by atoms with Crippen LogP contribution in [-0.2, 0) is 0 Å². The first-order valence-electron chi connectivity index (χ1n) is 8.96. The highest BCUT2D eigenvalue weighted by Gasteiger charge is 2.23. The number of aryl methyl sites for hydroxylation is 1. The number of fused-ring (bicyclic) bond motifs is 1. The number of benzene rings is 2. The number of nitrogens with one attached hydrogen (secondary N) is 1. The average Bonchev–Trinajstić information content (AvgIpc) is 3.13. The molecule has 0 saturated carbocycles. The maximum atomic E-state index is 14.1. The number of hydrogen-bond donors (Lipinski definition) is 1. The van der Waals surface area contributed by atoms with Crippen LogP contribution in [0.3, 0.4) is 0 Å². The Hall–Kier alpha value is -4.12. The van der Waals surface area contributed by atoms with Gasteiger partial charge in [0.25, 0.3) is 11.6 Å². The maximum absolute atomic E-state index is 14.1. The quantitative estimate of drug-likeness (QED) is 0.542. The lowest BCUT2D eigenvalue weighted by molar-refractivity contribution is 0.0946. The fourth-order valence-electron chi connectivity index (χ4n) is 3.15. The van der Waals surface area contributed by atoms with E-state index < -0.39 is 23.6 Å². The van der Waals surface area contributed by atoms with E-state index >= 15 is 0 Å². The van der Waals surface area contributed by atoms with Crippen molar-refractivity contribution in [3.63, 3.8) is 0 Å². The largest absolute Gasteiger partial charge is 0.335 e. The van der Waals surface area contributed by atoms with Crippen molar-refractivity contribution < 1.29 is 18.1 Å². The van der Waals surface area contributed by atoms with Crippen LogP contribution in [0.1, 0.15) is 27.7 Å². The third-order valence-electron chi connectivity index (χ3n) is 4.61. The summed E-state index contributed by atoms with van der Waals surface area (Å²) in [5.74, 6) is -2.34. The summed E-state index contributed by atoms with van der Waals surface area (Å²) >= 11 is 0. The van der Waals surface area contributed by atoms with Crippen LogP contribution < -0.4 is 5.32 Å². The molecule has 0 spiro atoms. The Morgan fingerprint density at radius 3 is 2.63 bits per heavy atom. The van der Waals surface area contributed by atoms with Gasteiger partial charge in [-0.25, -0.2) is 13.8 Å². The van der Waals surface area contributed by atoms with Crippen molar-refractivity contribution in [2.45, 2.75) is 13.0 Å². The summed E-state index contributed by atoms with van der Waals surface area (Å²) in [5.41, 5.74) is 1.89. The summed E-state index contributed by atoms with van der Waals surface area (Å²) in [5, 5.41) is 16.2. The van der Waals surface area contributed by atoms with Crippen molar-refractivity contribution in [1.29, 1.82) is 5.26 Å². The molecule has 2 aromatic heterocycles. The third-order valence-corrected chi connectivity index (χ3v) is 4.61. The predicted molar refractivity (Wildman–Crippen MR) is 104 cm³/mol. The van der Waals surface area contributed by atoms with Crippen molar-refractivity contribution in [3.8, 4) is 17.3 Å². The van der Waals surface area contributed by atoms with E-state index in [1.54, 1.807) is 13.0 Å². The highest BCUT2D eigenvalue weighted by molar-refractivity contribution is 6.07. The molecule has 0 bridgehead atoms. The zero-order valence-corrected chi connectivity index (χ0v) is 15.7. The van der Waals surface area contributed by atoms with Crippen LogP contribution in [0.25, 0.3) is 22.4 Å². The Morgan fingerprint density at radius 1 is 1.17 bits per heavy atom. The van der Waals surface area contributed by atoms with Gasteiger partial charge in [0, 0.05) is 17.2 Å². The topological polar surface area (TPSA) is 91.8 Å². The van der Waals surface area contributed by atoms with E-state index in [4.69, 9.17) is 4.52 Å². The third kappa shape index (κ3) is 3.49. The van der Waals surface area contributed by atoms with Gasteiger partial charge in [0.05, 0.1) is 28.4 Å². The van der Waals surface area contributed by atoms with E-state index in [9.17, 15) is 18.8 Å². The fourth-order valence-corrected chi connectivity index (χ4v) is 3.15. The number of halogens is 2. The molecule has 8 heteroatoms. The summed E-state index contributed by atoms with van der Waals surface area (Å²) in [4.78, 5) is 17.5. The molecule has 0 fully saturated rings. The van der Waals surface area contributed by atoms with Crippen LogP contribution in [0.2, 0.25) is 0 Å². The maximum Gasteiger partial charge on any atom is 0.259 e. The van der Waals surface area contributed by atoms with Gasteiger partial charge in [-0.2, -0.15) is 5.26 Å². The average molecular weight is 404 g/mol. The summed E-state index contributed by atoms with van der Waals surface area (Å²) in [6.45, 7) is 1.66. The molecule has 4 aromatic rings. The van der Waals surface area contributed by atoms with Crippen molar-refractivity contribution in [1.82, 2.24) is 15.5 Å². The molecule has 0 radical (unpaired) electrons. The second-order valence-electron chi connectivity index (χ2n) is 6.57. The molecule has 1 unspecified atom stereocenters. The smallest absolute Gasteiger partial charge is 0.259 e. The van der Waals surface area contributed by atoms with Gasteiger partial charge in [-0.05, 0) is 19.1 Å². The second-order valence-corrected chi connectivity index (χ2v) is 6.57. The van der Waals surface area contributed by atoms with E-state index in [0.717, 1.165) is 17.7 Å². The number of pyridine rings is 1. The minimum absolute atomic E-state index is 0.136. The zero-order valence-electron chi connectivity index (χ0n) is 15.7. The second kappa shape index (κ2) is 7.72. The number of carbonyl (C=O) groups excluding carboxylic acids is 1. The van der Waals surface area contributed by atoms with E-state index in [1.165, 1.54) is 0 Å². The fraction of sp³-hybridized carbons (Fsp3) is 0.0909. The molecule has 0 aliphatic carbocycles. The first kappa shape index (κ1) is 19.2. The SMILES string of the molecule is Cc1noc2nc(-c3ccccc3)cc(C(=O)NC(C#N)c3ccc(F)cc3F)c12. The summed E-state index contributed by atoms with van der Waals surface area (Å²) < 4.78 is 32.6. The van der Waals surface area contributed by atoms with Crippen LogP contribution in [0.5, 0.6) is 0 Å². The molecule has 1 N–H and O–H groups in total. The zero-order chi connectivity index (χ0) is 21.3. The van der Waals surface area contributed by atoms with E-state index in [-0.39, 0.29) is 16.8 Å². The van der Waals surface area contributed by atoms with Crippen LogP contribution >= 0.6 is 0 Å². The van der Waals surface area contributed by atoms with Crippen LogP contribution in [0.4, 0.5) is 8.78 Å². The van der Waals surface area contributed by atoms with Gasteiger partial charge < -0.3 is 9.84 Å². The van der Waals surface area contributed by atoms with Gasteiger partial charge in [0.1, 0.15) is 17.7 Å². The normalized spacial score (nSPS) is 11.8. The van der Waals surface area contributed by atoms with Gasteiger partial charge in [-0.15, -0.1) is 0 Å². The number of hydrogen-bond acceptors (Lipinski definition) is 5. The van der Waals surface area contributed by atoms with E-state index in [1.807, 2.05) is 36.4 Å².